The maximum Gasteiger partial charge on any atom is 0.289 e. The summed E-state index contributed by atoms with van der Waals surface area (Å²) in [7, 11) is 0. The Morgan fingerprint density at radius 3 is 2.55 bits per heavy atom. The lowest BCUT2D eigenvalue weighted by Gasteiger charge is -2.32. The van der Waals surface area contributed by atoms with Crippen molar-refractivity contribution in [2.24, 2.45) is 5.92 Å². The molecule has 3 heterocycles. The minimum atomic E-state index is -0.210. The summed E-state index contributed by atoms with van der Waals surface area (Å²) in [5, 5.41) is 0.517. The lowest BCUT2D eigenvalue weighted by Crippen LogP contribution is -2.39. The van der Waals surface area contributed by atoms with Gasteiger partial charge in [0.25, 0.3) is 5.91 Å². The first-order chi connectivity index (χ1) is 16.0. The van der Waals surface area contributed by atoms with Crippen molar-refractivity contribution in [3.8, 4) is 11.4 Å². The molecule has 0 N–H and O–H groups in total. The zero-order valence-electron chi connectivity index (χ0n) is 19.0. The van der Waals surface area contributed by atoms with Crippen molar-refractivity contribution in [1.82, 2.24) is 14.5 Å². The summed E-state index contributed by atoms with van der Waals surface area (Å²) in [5.41, 5.74) is 3.46. The number of imidazole rings is 1. The number of likely N-dealkylation sites (tertiary alicyclic amines) is 1. The highest BCUT2D eigenvalue weighted by atomic mass is 16.3. The summed E-state index contributed by atoms with van der Waals surface area (Å²) < 4.78 is 8.07. The number of piperidine rings is 1. The summed E-state index contributed by atoms with van der Waals surface area (Å²) in [6.45, 7) is 6.10. The van der Waals surface area contributed by atoms with E-state index < -0.39 is 0 Å². The predicted octanol–water partition coefficient (Wildman–Crippen LogP) is 4.83. The zero-order chi connectivity index (χ0) is 22.9. The molecule has 2 aromatic carbocycles. The SMILES string of the molecule is Cc1cc2oc(C(=O)N3CCC(Cn4ccnc4-c4ccccc4)CC3)cc(=O)c2cc1C. The third-order valence-corrected chi connectivity index (χ3v) is 6.66. The molecule has 168 valence electrons. The van der Waals surface area contributed by atoms with Crippen molar-refractivity contribution in [2.75, 3.05) is 13.1 Å². The molecule has 6 nitrogen and oxygen atoms in total. The molecule has 1 aliphatic heterocycles. The van der Waals surface area contributed by atoms with Gasteiger partial charge in [0, 0.05) is 43.7 Å². The predicted molar refractivity (Wildman–Crippen MR) is 128 cm³/mol. The number of fused-ring (bicyclic) bond motifs is 1. The highest BCUT2D eigenvalue weighted by Gasteiger charge is 2.26. The van der Waals surface area contributed by atoms with Crippen LogP contribution in [-0.4, -0.2) is 33.4 Å². The molecule has 5 rings (SSSR count). The third kappa shape index (κ3) is 4.21. The molecule has 0 bridgehead atoms. The molecule has 0 atom stereocenters. The van der Waals surface area contributed by atoms with Crippen molar-refractivity contribution >= 4 is 16.9 Å². The fourth-order valence-corrected chi connectivity index (χ4v) is 4.57. The van der Waals surface area contributed by atoms with Gasteiger partial charge in [-0.25, -0.2) is 4.98 Å². The lowest BCUT2D eigenvalue weighted by molar-refractivity contribution is 0.0651. The Hall–Kier alpha value is -3.67. The van der Waals surface area contributed by atoms with E-state index in [2.05, 4.69) is 21.7 Å². The molecule has 1 aliphatic rings. The molecular formula is C27H27N3O3. The van der Waals surface area contributed by atoms with Gasteiger partial charge in [-0.2, -0.15) is 0 Å². The van der Waals surface area contributed by atoms with Crippen molar-refractivity contribution in [1.29, 1.82) is 0 Å². The molecule has 0 saturated carbocycles. The number of carbonyl (C=O) groups excluding carboxylic acids is 1. The van der Waals surface area contributed by atoms with Gasteiger partial charge in [-0.05, 0) is 55.9 Å². The topological polar surface area (TPSA) is 68.3 Å². The van der Waals surface area contributed by atoms with E-state index in [4.69, 9.17) is 4.42 Å². The minimum absolute atomic E-state index is 0.121. The van der Waals surface area contributed by atoms with Gasteiger partial charge in [0.05, 0.1) is 5.39 Å². The Balaban J connectivity index is 1.27. The maximum atomic E-state index is 13.1. The fraction of sp³-hybridized carbons (Fsp3) is 0.296. The Morgan fingerprint density at radius 2 is 1.79 bits per heavy atom. The second kappa shape index (κ2) is 8.70. The van der Waals surface area contributed by atoms with Crippen LogP contribution >= 0.6 is 0 Å². The highest BCUT2D eigenvalue weighted by molar-refractivity contribution is 5.93. The molecule has 0 unspecified atom stereocenters. The Bertz CT molecular complexity index is 1360. The molecule has 1 saturated heterocycles. The van der Waals surface area contributed by atoms with Crippen molar-refractivity contribution in [3.05, 3.63) is 88.0 Å². The van der Waals surface area contributed by atoms with Crippen molar-refractivity contribution in [2.45, 2.75) is 33.2 Å². The van der Waals surface area contributed by atoms with Crippen LogP contribution in [0.1, 0.15) is 34.5 Å². The highest BCUT2D eigenvalue weighted by Crippen LogP contribution is 2.25. The molecule has 33 heavy (non-hydrogen) atoms. The van der Waals surface area contributed by atoms with Crippen LogP contribution in [0.3, 0.4) is 0 Å². The quantitative estimate of drug-likeness (QED) is 0.455. The number of hydrogen-bond acceptors (Lipinski definition) is 4. The summed E-state index contributed by atoms with van der Waals surface area (Å²) in [4.78, 5) is 32.0. The smallest absolute Gasteiger partial charge is 0.289 e. The van der Waals surface area contributed by atoms with Gasteiger partial charge in [0.2, 0.25) is 0 Å². The molecule has 6 heteroatoms. The first-order valence-electron chi connectivity index (χ1n) is 11.4. The minimum Gasteiger partial charge on any atom is -0.451 e. The number of nitrogens with zero attached hydrogens (tertiary/aromatic N) is 3. The Kier molecular flexibility index (Phi) is 5.58. The van der Waals surface area contributed by atoms with Crippen LogP contribution < -0.4 is 5.43 Å². The van der Waals surface area contributed by atoms with E-state index in [1.807, 2.05) is 56.6 Å². The van der Waals surface area contributed by atoms with Crippen LogP contribution in [-0.2, 0) is 6.54 Å². The van der Waals surface area contributed by atoms with Gasteiger partial charge in [-0.1, -0.05) is 30.3 Å². The second-order valence-electron chi connectivity index (χ2n) is 8.91. The molecule has 4 aromatic rings. The fourth-order valence-electron chi connectivity index (χ4n) is 4.57. The van der Waals surface area contributed by atoms with Crippen LogP contribution in [0, 0.1) is 19.8 Å². The van der Waals surface area contributed by atoms with E-state index in [0.717, 1.165) is 41.9 Å². The van der Waals surface area contributed by atoms with Crippen LogP contribution in [0.4, 0.5) is 0 Å². The average Bonchev–Trinajstić information content (AvgIpc) is 3.29. The van der Waals surface area contributed by atoms with E-state index in [1.165, 1.54) is 6.07 Å². The van der Waals surface area contributed by atoms with Crippen LogP contribution in [0.5, 0.6) is 0 Å². The van der Waals surface area contributed by atoms with Crippen molar-refractivity contribution < 1.29 is 9.21 Å². The maximum absolute atomic E-state index is 13.1. The van der Waals surface area contributed by atoms with Crippen LogP contribution in [0.25, 0.3) is 22.4 Å². The number of benzene rings is 2. The number of carbonyl (C=O) groups is 1. The molecule has 1 fully saturated rings. The number of hydrogen-bond donors (Lipinski definition) is 0. The molecule has 0 spiro atoms. The summed E-state index contributed by atoms with van der Waals surface area (Å²) in [6.07, 6.45) is 5.65. The van der Waals surface area contributed by atoms with Gasteiger partial charge in [-0.15, -0.1) is 0 Å². The number of rotatable bonds is 4. The number of amides is 1. The van der Waals surface area contributed by atoms with Gasteiger partial charge < -0.3 is 13.9 Å². The first-order valence-corrected chi connectivity index (χ1v) is 11.4. The molecule has 0 radical (unpaired) electrons. The molecule has 1 amide bonds. The van der Waals surface area contributed by atoms with Gasteiger partial charge in [0.1, 0.15) is 11.4 Å². The van der Waals surface area contributed by atoms with E-state index in [9.17, 15) is 9.59 Å². The van der Waals surface area contributed by atoms with Crippen LogP contribution in [0.2, 0.25) is 0 Å². The Morgan fingerprint density at radius 1 is 1.06 bits per heavy atom. The average molecular weight is 442 g/mol. The van der Waals surface area contributed by atoms with E-state index >= 15 is 0 Å². The van der Waals surface area contributed by atoms with E-state index in [-0.39, 0.29) is 17.1 Å². The normalized spacial score (nSPS) is 14.7. The standard InChI is InChI=1S/C27H27N3O3/c1-18-14-22-23(31)16-25(33-24(22)15-19(18)2)27(32)29-11-8-20(9-12-29)17-30-13-10-28-26(30)21-6-4-3-5-7-21/h3-7,10,13-16,20H,8-9,11-12,17H2,1-2H3. The largest absolute Gasteiger partial charge is 0.451 e. The van der Waals surface area contributed by atoms with Crippen molar-refractivity contribution in [3.63, 3.8) is 0 Å². The van der Waals surface area contributed by atoms with E-state index in [1.54, 1.807) is 4.90 Å². The number of aryl methyl sites for hydroxylation is 2. The first kappa shape index (κ1) is 21.2. The van der Waals surface area contributed by atoms with Crippen LogP contribution in [0.15, 0.2) is 70.1 Å². The molecule has 2 aromatic heterocycles. The molecule has 0 aliphatic carbocycles. The third-order valence-electron chi connectivity index (χ3n) is 6.66. The van der Waals surface area contributed by atoms with Gasteiger partial charge in [-0.3, -0.25) is 9.59 Å². The van der Waals surface area contributed by atoms with E-state index in [0.29, 0.717) is 30.0 Å². The number of aromatic nitrogens is 2. The van der Waals surface area contributed by atoms with Gasteiger partial charge in [0.15, 0.2) is 11.2 Å². The monoisotopic (exact) mass is 441 g/mol. The zero-order valence-corrected chi connectivity index (χ0v) is 19.0. The lowest BCUT2D eigenvalue weighted by atomic mass is 9.96. The van der Waals surface area contributed by atoms with Gasteiger partial charge >= 0.3 is 0 Å². The Labute approximate surface area is 192 Å². The second-order valence-corrected chi connectivity index (χ2v) is 8.91. The summed E-state index contributed by atoms with van der Waals surface area (Å²) in [5.74, 6) is 1.34. The molecular weight excluding hydrogens is 414 g/mol. The summed E-state index contributed by atoms with van der Waals surface area (Å²) in [6, 6.07) is 15.2. The summed E-state index contributed by atoms with van der Waals surface area (Å²) >= 11 is 0.